The lowest BCUT2D eigenvalue weighted by atomic mass is 10.0. The number of hydrogen-bond acceptors (Lipinski definition) is 5. The second kappa shape index (κ2) is 7.13. The predicted octanol–water partition coefficient (Wildman–Crippen LogP) is 3.46. The van der Waals surface area contributed by atoms with E-state index >= 15 is 0 Å². The van der Waals surface area contributed by atoms with Gasteiger partial charge in [0, 0.05) is 18.7 Å². The van der Waals surface area contributed by atoms with Crippen LogP contribution in [-0.2, 0) is 6.42 Å². The standard InChI is InChI=1S/C15H25N5S/c1-5-12(6-2)20-8-7-11(18-20)9-13(16)15-14(10(3)4)17-19-21-15/h7-8,10,12-13H,5-6,9,16H2,1-4H3. The van der Waals surface area contributed by atoms with Crippen LogP contribution in [0.5, 0.6) is 0 Å². The lowest BCUT2D eigenvalue weighted by Gasteiger charge is -2.13. The van der Waals surface area contributed by atoms with Crippen LogP contribution in [0.3, 0.4) is 0 Å². The molecule has 1 unspecified atom stereocenters. The molecule has 0 fully saturated rings. The Bertz CT molecular complexity index is 556. The van der Waals surface area contributed by atoms with E-state index in [0.29, 0.717) is 12.0 Å². The third-order valence-electron chi connectivity index (χ3n) is 3.83. The van der Waals surface area contributed by atoms with E-state index in [1.807, 2.05) is 0 Å². The van der Waals surface area contributed by atoms with Crippen molar-refractivity contribution in [3.05, 3.63) is 28.5 Å². The zero-order chi connectivity index (χ0) is 15.4. The minimum absolute atomic E-state index is 0.0764. The Morgan fingerprint density at radius 1 is 1.29 bits per heavy atom. The maximum atomic E-state index is 6.34. The number of rotatable bonds is 7. The Hall–Kier alpha value is -1.27. The molecule has 0 spiro atoms. The van der Waals surface area contributed by atoms with Crippen LogP contribution in [0.4, 0.5) is 0 Å². The van der Waals surface area contributed by atoms with Gasteiger partial charge in [-0.3, -0.25) is 4.68 Å². The lowest BCUT2D eigenvalue weighted by Crippen LogP contribution is -2.15. The highest BCUT2D eigenvalue weighted by Gasteiger charge is 2.19. The van der Waals surface area contributed by atoms with Gasteiger partial charge in [0.2, 0.25) is 0 Å². The van der Waals surface area contributed by atoms with Crippen LogP contribution in [0, 0.1) is 0 Å². The summed E-state index contributed by atoms with van der Waals surface area (Å²) in [6.07, 6.45) is 4.99. The molecule has 0 radical (unpaired) electrons. The third-order valence-corrected chi connectivity index (χ3v) is 4.70. The van der Waals surface area contributed by atoms with Crippen molar-refractivity contribution >= 4 is 11.5 Å². The van der Waals surface area contributed by atoms with Crippen molar-refractivity contribution in [2.75, 3.05) is 0 Å². The molecule has 6 heteroatoms. The summed E-state index contributed by atoms with van der Waals surface area (Å²) < 4.78 is 6.12. The molecular weight excluding hydrogens is 282 g/mol. The highest BCUT2D eigenvalue weighted by atomic mass is 32.1. The second-order valence-electron chi connectivity index (χ2n) is 5.75. The molecule has 2 heterocycles. The normalized spacial score (nSPS) is 13.3. The lowest BCUT2D eigenvalue weighted by molar-refractivity contribution is 0.424. The van der Waals surface area contributed by atoms with E-state index in [1.54, 1.807) is 0 Å². The first-order chi connectivity index (χ1) is 10.1. The maximum absolute atomic E-state index is 6.34. The quantitative estimate of drug-likeness (QED) is 0.850. The highest BCUT2D eigenvalue weighted by Crippen LogP contribution is 2.27. The van der Waals surface area contributed by atoms with Crippen molar-refractivity contribution in [3.8, 4) is 0 Å². The van der Waals surface area contributed by atoms with Gasteiger partial charge in [0.05, 0.1) is 22.3 Å². The molecular formula is C15H25N5S. The van der Waals surface area contributed by atoms with Gasteiger partial charge < -0.3 is 5.73 Å². The highest BCUT2D eigenvalue weighted by molar-refractivity contribution is 7.05. The SMILES string of the molecule is CCC(CC)n1ccc(CC(N)c2snnc2C(C)C)n1. The fourth-order valence-corrected chi connectivity index (χ4v) is 3.34. The molecule has 0 aliphatic heterocycles. The van der Waals surface area contributed by atoms with E-state index in [-0.39, 0.29) is 6.04 Å². The zero-order valence-corrected chi connectivity index (χ0v) is 14.1. The van der Waals surface area contributed by atoms with Crippen molar-refractivity contribution in [2.45, 2.75) is 65.0 Å². The van der Waals surface area contributed by atoms with Gasteiger partial charge in [0.15, 0.2) is 0 Å². The molecule has 0 bridgehead atoms. The van der Waals surface area contributed by atoms with Crippen molar-refractivity contribution in [2.24, 2.45) is 5.73 Å². The zero-order valence-electron chi connectivity index (χ0n) is 13.3. The molecule has 116 valence electrons. The van der Waals surface area contributed by atoms with E-state index in [2.05, 4.69) is 59.3 Å². The second-order valence-corrected chi connectivity index (χ2v) is 6.53. The summed E-state index contributed by atoms with van der Waals surface area (Å²) in [7, 11) is 0. The van der Waals surface area contributed by atoms with Crippen LogP contribution in [0.1, 0.15) is 74.8 Å². The molecule has 2 rings (SSSR count). The Morgan fingerprint density at radius 2 is 2.00 bits per heavy atom. The first kappa shape index (κ1) is 16.1. The summed E-state index contributed by atoms with van der Waals surface area (Å²) in [6, 6.07) is 2.47. The molecule has 0 aromatic carbocycles. The summed E-state index contributed by atoms with van der Waals surface area (Å²) in [5.41, 5.74) is 8.40. The number of nitrogens with two attached hydrogens (primary N) is 1. The van der Waals surface area contributed by atoms with E-state index in [9.17, 15) is 0 Å². The van der Waals surface area contributed by atoms with Gasteiger partial charge in [-0.25, -0.2) is 0 Å². The van der Waals surface area contributed by atoms with Crippen LogP contribution >= 0.6 is 11.5 Å². The summed E-state index contributed by atoms with van der Waals surface area (Å²) in [6.45, 7) is 8.63. The number of nitrogens with zero attached hydrogens (tertiary/aromatic N) is 4. The molecule has 0 saturated heterocycles. The molecule has 0 aliphatic carbocycles. The molecule has 21 heavy (non-hydrogen) atoms. The molecule has 0 amide bonds. The minimum atomic E-state index is -0.0764. The van der Waals surface area contributed by atoms with Gasteiger partial charge in [-0.1, -0.05) is 32.2 Å². The van der Waals surface area contributed by atoms with Crippen LogP contribution in [-0.4, -0.2) is 19.4 Å². The number of aromatic nitrogens is 4. The van der Waals surface area contributed by atoms with Crippen LogP contribution < -0.4 is 5.73 Å². The van der Waals surface area contributed by atoms with Crippen molar-refractivity contribution in [1.29, 1.82) is 0 Å². The van der Waals surface area contributed by atoms with Gasteiger partial charge >= 0.3 is 0 Å². The molecule has 2 N–H and O–H groups in total. The first-order valence-corrected chi connectivity index (χ1v) is 8.45. The van der Waals surface area contributed by atoms with Gasteiger partial charge in [-0.15, -0.1) is 5.10 Å². The van der Waals surface area contributed by atoms with Crippen molar-refractivity contribution in [3.63, 3.8) is 0 Å². The van der Waals surface area contributed by atoms with E-state index in [0.717, 1.165) is 35.5 Å². The van der Waals surface area contributed by atoms with Gasteiger partial charge in [0.1, 0.15) is 0 Å². The van der Waals surface area contributed by atoms with E-state index in [4.69, 9.17) is 5.73 Å². The average molecular weight is 307 g/mol. The minimum Gasteiger partial charge on any atom is -0.323 e. The molecule has 5 nitrogen and oxygen atoms in total. The topological polar surface area (TPSA) is 69.6 Å². The maximum Gasteiger partial charge on any atom is 0.0829 e. The Balaban J connectivity index is 2.09. The van der Waals surface area contributed by atoms with Crippen molar-refractivity contribution in [1.82, 2.24) is 19.4 Å². The van der Waals surface area contributed by atoms with Crippen molar-refractivity contribution < 1.29 is 0 Å². The van der Waals surface area contributed by atoms with E-state index in [1.165, 1.54) is 11.5 Å². The fraction of sp³-hybridized carbons (Fsp3) is 0.667. The Kier molecular flexibility index (Phi) is 5.47. The summed E-state index contributed by atoms with van der Waals surface area (Å²) in [5, 5.41) is 8.88. The number of hydrogen-bond donors (Lipinski definition) is 1. The first-order valence-electron chi connectivity index (χ1n) is 7.68. The predicted molar refractivity (Wildman–Crippen MR) is 86.5 cm³/mol. The molecule has 0 aliphatic rings. The van der Waals surface area contributed by atoms with E-state index < -0.39 is 0 Å². The Morgan fingerprint density at radius 3 is 2.62 bits per heavy atom. The third kappa shape index (κ3) is 3.68. The van der Waals surface area contributed by atoms with Crippen LogP contribution in [0.25, 0.3) is 0 Å². The van der Waals surface area contributed by atoms with Crippen LogP contribution in [0.2, 0.25) is 0 Å². The summed E-state index contributed by atoms with van der Waals surface area (Å²) in [4.78, 5) is 1.09. The monoisotopic (exact) mass is 307 g/mol. The largest absolute Gasteiger partial charge is 0.323 e. The van der Waals surface area contributed by atoms with Crippen LogP contribution in [0.15, 0.2) is 12.3 Å². The summed E-state index contributed by atoms with van der Waals surface area (Å²) >= 11 is 1.41. The summed E-state index contributed by atoms with van der Waals surface area (Å²) in [5.74, 6) is 0.354. The van der Waals surface area contributed by atoms with Gasteiger partial charge in [-0.2, -0.15) is 5.10 Å². The molecule has 2 aromatic heterocycles. The van der Waals surface area contributed by atoms with Gasteiger partial charge in [-0.05, 0) is 36.4 Å². The van der Waals surface area contributed by atoms with Gasteiger partial charge in [0.25, 0.3) is 0 Å². The fourth-order valence-electron chi connectivity index (χ4n) is 2.53. The molecule has 0 saturated carbocycles. The Labute approximate surface area is 130 Å². The average Bonchev–Trinajstić information content (AvgIpc) is 3.09. The molecule has 2 aromatic rings. The smallest absolute Gasteiger partial charge is 0.0829 e. The molecule has 1 atom stereocenters.